The van der Waals surface area contributed by atoms with Crippen molar-refractivity contribution in [3.05, 3.63) is 411 Å². The van der Waals surface area contributed by atoms with Gasteiger partial charge < -0.3 is 28.4 Å². The molecule has 0 aliphatic heterocycles. The average molecular weight is 1750 g/mol. The van der Waals surface area contributed by atoms with Crippen molar-refractivity contribution in [2.45, 2.75) is 169 Å². The van der Waals surface area contributed by atoms with Crippen LogP contribution in [0.4, 0.5) is 34.1 Å². The third kappa shape index (κ3) is 27.6. The Kier molecular flexibility index (Phi) is 35.0. The molecule has 13 rings (SSSR count). The van der Waals surface area contributed by atoms with Gasteiger partial charge in [-0.25, -0.2) is 0 Å². The Morgan fingerprint density at radius 2 is 0.537 bits per heavy atom. The van der Waals surface area contributed by atoms with E-state index in [0.29, 0.717) is 49.0 Å². The number of nitro benzene ring substituents is 6. The number of hydrogen-bond acceptors (Lipinski definition) is 18. The summed E-state index contributed by atoms with van der Waals surface area (Å²) in [5, 5.41) is 66.9. The number of nitro groups is 6. The molecule has 1 saturated carbocycles. The van der Waals surface area contributed by atoms with Crippen molar-refractivity contribution in [1.82, 2.24) is 0 Å². The van der Waals surface area contributed by atoms with Crippen LogP contribution in [0.25, 0.3) is 0 Å². The highest BCUT2D eigenvalue weighted by Crippen LogP contribution is 2.44. The van der Waals surface area contributed by atoms with E-state index in [1.165, 1.54) is 41.5 Å². The molecular weight excluding hydrogens is 1650 g/mol. The lowest BCUT2D eigenvalue weighted by atomic mass is 10.0. The minimum atomic E-state index is -0.452. The highest BCUT2D eigenvalue weighted by molar-refractivity contribution is 9.10. The second kappa shape index (κ2) is 45.3. The van der Waals surface area contributed by atoms with Crippen LogP contribution in [-0.4, -0.2) is 29.5 Å². The Balaban J connectivity index is 0.000000183. The van der Waals surface area contributed by atoms with Crippen LogP contribution in [0.2, 0.25) is 5.02 Å². The maximum atomic E-state index is 11.3. The van der Waals surface area contributed by atoms with Gasteiger partial charge in [-0.05, 0) is 226 Å². The van der Waals surface area contributed by atoms with Crippen LogP contribution in [0, 0.1) is 158 Å². The van der Waals surface area contributed by atoms with Gasteiger partial charge in [0.1, 0.15) is 74.1 Å². The Labute approximate surface area is 729 Å². The molecule has 0 atom stereocenters. The van der Waals surface area contributed by atoms with Gasteiger partial charge in [-0.3, -0.25) is 60.7 Å². The lowest BCUT2D eigenvalue weighted by Gasteiger charge is -2.13. The third-order valence-electron chi connectivity index (χ3n) is 20.2. The summed E-state index contributed by atoms with van der Waals surface area (Å²) in [5.74, 6) is 4.95. The van der Waals surface area contributed by atoms with E-state index in [2.05, 4.69) is 22.0 Å². The molecule has 0 bridgehead atoms. The first-order valence-corrected chi connectivity index (χ1v) is 40.7. The molecule has 12 aromatic carbocycles. The molecule has 1 fully saturated rings. The molecule has 0 aromatic heterocycles. The first kappa shape index (κ1) is 95.1. The van der Waals surface area contributed by atoms with Gasteiger partial charge in [0.05, 0.1) is 67.9 Å². The number of hydrogen-bond donors (Lipinski definition) is 0. The lowest BCUT2D eigenvalue weighted by molar-refractivity contribution is -0.386. The summed E-state index contributed by atoms with van der Waals surface area (Å²) < 4.78 is 35.2. The Morgan fingerprint density at radius 3 is 0.846 bits per heavy atom. The molecule has 24 nitrogen and oxygen atoms in total. The van der Waals surface area contributed by atoms with E-state index in [-0.39, 0.29) is 93.5 Å². The van der Waals surface area contributed by atoms with E-state index in [1.807, 2.05) is 231 Å². The quantitative estimate of drug-likeness (QED) is 0.0359. The maximum absolute atomic E-state index is 11.3. The molecule has 0 radical (unpaired) electrons. The fraction of sp³-hybridized carbons (Fsp3) is 0.258. The summed E-state index contributed by atoms with van der Waals surface area (Å²) in [4.78, 5) is 64.3. The van der Waals surface area contributed by atoms with Crippen LogP contribution in [0.3, 0.4) is 0 Å². The van der Waals surface area contributed by atoms with Gasteiger partial charge in [0.2, 0.25) is 0 Å². The Bertz CT molecular complexity index is 5360. The second-order valence-corrected chi connectivity index (χ2v) is 31.2. The van der Waals surface area contributed by atoms with Gasteiger partial charge in [0.15, 0.2) is 0 Å². The van der Waals surface area contributed by atoms with Crippen molar-refractivity contribution in [2.75, 3.05) is 0 Å². The molecule has 123 heavy (non-hydrogen) atoms. The van der Waals surface area contributed by atoms with Crippen molar-refractivity contribution in [3.63, 3.8) is 0 Å². The summed E-state index contributed by atoms with van der Waals surface area (Å²) in [7, 11) is 0. The SMILES string of the molecule is CCc1cccc([N+](=O)[O-])c1COc1ccc(C)cc1C.Cc1ccc(OCc2c(Br)cccc2[N+](=O)[O-])c(C)c1.Cc1ccc(OCc2c(C)cccc2[N+](=O)[O-])c(C)c1.Cc1ccc(OCc2c(C)cccc2[N+](=O)[O-])c(C)c1.Cc1ccc(OCc2c(C3CC3)cccc2[N+](=O)[O-])c(C)c1.Cc1ccc(OCc2c(Cl)cccc2[N+](=O)[O-])c(C)c1. The molecule has 0 amide bonds. The lowest BCUT2D eigenvalue weighted by Crippen LogP contribution is -2.05. The average Bonchev–Trinajstić information content (AvgIpc) is 1.67. The molecule has 12 aromatic rings. The molecule has 0 saturated heterocycles. The Hall–Kier alpha value is -13.4. The van der Waals surface area contributed by atoms with Gasteiger partial charge in [0, 0.05) is 40.9 Å². The zero-order valence-electron chi connectivity index (χ0n) is 71.5. The summed E-state index contributed by atoms with van der Waals surface area (Å²) >= 11 is 9.35. The van der Waals surface area contributed by atoms with Crippen molar-refractivity contribution < 1.29 is 58.0 Å². The molecule has 0 heterocycles. The van der Waals surface area contributed by atoms with Crippen molar-refractivity contribution in [2.24, 2.45) is 0 Å². The van der Waals surface area contributed by atoms with Crippen LogP contribution in [0.1, 0.15) is 148 Å². The van der Waals surface area contributed by atoms with E-state index in [4.69, 9.17) is 40.0 Å². The fourth-order valence-electron chi connectivity index (χ4n) is 13.5. The van der Waals surface area contributed by atoms with Gasteiger partial charge >= 0.3 is 0 Å². The van der Waals surface area contributed by atoms with Gasteiger partial charge in [-0.1, -0.05) is 201 Å². The van der Waals surface area contributed by atoms with E-state index in [9.17, 15) is 60.7 Å². The second-order valence-electron chi connectivity index (χ2n) is 29.9. The zero-order chi connectivity index (χ0) is 89.9. The fourth-order valence-corrected chi connectivity index (χ4v) is 14.2. The predicted octanol–water partition coefficient (Wildman–Crippen LogP) is 26.2. The first-order valence-electron chi connectivity index (χ1n) is 39.5. The Morgan fingerprint density at radius 1 is 0.293 bits per heavy atom. The van der Waals surface area contributed by atoms with E-state index < -0.39 is 9.85 Å². The van der Waals surface area contributed by atoms with Crippen molar-refractivity contribution in [3.8, 4) is 34.5 Å². The molecule has 1 aliphatic carbocycles. The number of rotatable bonds is 26. The minimum Gasteiger partial charge on any atom is -0.488 e. The highest BCUT2D eigenvalue weighted by Gasteiger charge is 2.31. The molecule has 0 N–H and O–H groups in total. The normalized spacial score (nSPS) is 11.0. The van der Waals surface area contributed by atoms with Crippen LogP contribution in [-0.2, 0) is 46.1 Å². The maximum Gasteiger partial charge on any atom is 0.277 e. The molecule has 26 heteroatoms. The van der Waals surface area contributed by atoms with Gasteiger partial charge in [-0.15, -0.1) is 0 Å². The van der Waals surface area contributed by atoms with E-state index in [0.717, 1.165) is 131 Å². The summed E-state index contributed by atoms with van der Waals surface area (Å²) in [6, 6.07) is 65.4. The monoisotopic (exact) mass is 1750 g/mol. The predicted molar refractivity (Wildman–Crippen MR) is 484 cm³/mol. The van der Waals surface area contributed by atoms with Crippen LogP contribution < -0.4 is 28.4 Å². The van der Waals surface area contributed by atoms with Crippen LogP contribution >= 0.6 is 27.5 Å². The van der Waals surface area contributed by atoms with Crippen molar-refractivity contribution >= 4 is 61.7 Å². The third-order valence-corrected chi connectivity index (χ3v) is 21.3. The summed E-state index contributed by atoms with van der Waals surface area (Å²) in [6.07, 6.45) is 2.96. The number of aryl methyl sites for hydroxylation is 15. The number of benzene rings is 12. The summed E-state index contributed by atoms with van der Waals surface area (Å²) in [6.45, 7) is 30.7. The smallest absolute Gasteiger partial charge is 0.277 e. The molecule has 0 unspecified atom stereocenters. The molecule has 640 valence electrons. The van der Waals surface area contributed by atoms with Crippen molar-refractivity contribution in [1.29, 1.82) is 0 Å². The zero-order valence-corrected chi connectivity index (χ0v) is 73.9. The van der Waals surface area contributed by atoms with Crippen LogP contribution in [0.5, 0.6) is 34.5 Å². The van der Waals surface area contributed by atoms with E-state index in [1.54, 1.807) is 54.6 Å². The number of halogens is 2. The first-order chi connectivity index (χ1) is 58.5. The molecule has 1 aliphatic rings. The molecular formula is C97H100BrClN6O18. The number of ether oxygens (including phenoxy) is 6. The van der Waals surface area contributed by atoms with E-state index >= 15 is 0 Å². The minimum absolute atomic E-state index is 0.0257. The topological polar surface area (TPSA) is 314 Å². The summed E-state index contributed by atoms with van der Waals surface area (Å²) in [5.41, 5.74) is 20.9. The highest BCUT2D eigenvalue weighted by atomic mass is 79.9. The van der Waals surface area contributed by atoms with Gasteiger partial charge in [0.25, 0.3) is 34.1 Å². The van der Waals surface area contributed by atoms with Crippen LogP contribution in [0.15, 0.2) is 223 Å². The molecule has 0 spiro atoms. The standard InChI is InChI=1S/C18H19NO3.C17H19NO3.2C16H17NO3.C15H14BrNO3.C15H14ClNO3/c1-12-6-9-18(13(2)10-12)22-11-16-15(14-7-8-14)4-3-5-17(16)19(20)21;1-4-14-6-5-7-16(18(19)20)15(14)11-21-17-9-8-12(2)10-13(17)3;2*1-11-7-8-16(13(3)9-11)20-10-14-12(2)5-4-6-15(14)17(18)19;2*1-10-6-7-15(11(2)8-10)20-9-12-13(16)4-3-5-14(12)17(18)19/h3-6,9-10,14H,7-8,11H2,1-2H3;5-10H,4,11H2,1-3H3;2*4-9H,10H2,1-3H3;2*3-8H,9H2,1-2H3. The number of nitrogens with zero attached hydrogens (tertiary/aromatic N) is 6. The largest absolute Gasteiger partial charge is 0.488 e. The van der Waals surface area contributed by atoms with Gasteiger partial charge in [-0.2, -0.15) is 0 Å².